The molecule has 5 nitrogen and oxygen atoms in total. The molecular formula is C28H35N2O3+. The summed E-state index contributed by atoms with van der Waals surface area (Å²) >= 11 is 0. The van der Waals surface area contributed by atoms with Gasteiger partial charge in [-0.15, -0.1) is 0 Å². The van der Waals surface area contributed by atoms with Crippen LogP contribution in [0, 0.1) is 0 Å². The molecule has 0 unspecified atom stereocenters. The first kappa shape index (κ1) is 23.1. The molecule has 0 saturated carbocycles. The van der Waals surface area contributed by atoms with Crippen molar-refractivity contribution in [1.29, 1.82) is 0 Å². The minimum Gasteiger partial charge on any atom is -0.493 e. The molecule has 1 heterocycles. The van der Waals surface area contributed by atoms with Crippen LogP contribution in [0.15, 0.2) is 72.8 Å². The van der Waals surface area contributed by atoms with Gasteiger partial charge in [0.15, 0.2) is 11.5 Å². The molecule has 3 aromatic rings. The van der Waals surface area contributed by atoms with Crippen molar-refractivity contribution in [3.05, 3.63) is 89.5 Å². The number of nitrogens with one attached hydrogen (secondary N) is 1. The maximum atomic E-state index is 5.52. The molecule has 1 N–H and O–H groups in total. The number of ether oxygens (including phenoxy) is 3. The van der Waals surface area contributed by atoms with E-state index in [1.54, 1.807) is 26.2 Å². The van der Waals surface area contributed by atoms with Crippen LogP contribution in [0.4, 0.5) is 0 Å². The monoisotopic (exact) mass is 447 g/mol. The first-order valence-corrected chi connectivity index (χ1v) is 11.7. The highest BCUT2D eigenvalue weighted by Gasteiger charge is 2.28. The average molecular weight is 448 g/mol. The molecule has 0 radical (unpaired) electrons. The van der Waals surface area contributed by atoms with Gasteiger partial charge in [-0.05, 0) is 28.8 Å². The van der Waals surface area contributed by atoms with Crippen LogP contribution >= 0.6 is 0 Å². The summed E-state index contributed by atoms with van der Waals surface area (Å²) in [6, 6.07) is 26.2. The molecule has 1 fully saturated rings. The van der Waals surface area contributed by atoms with Gasteiger partial charge in [0, 0.05) is 19.5 Å². The Labute approximate surface area is 197 Å². The highest BCUT2D eigenvalue weighted by molar-refractivity contribution is 5.53. The van der Waals surface area contributed by atoms with Crippen LogP contribution in [0.3, 0.4) is 0 Å². The van der Waals surface area contributed by atoms with Crippen molar-refractivity contribution in [3.63, 3.8) is 0 Å². The molecule has 1 aliphatic heterocycles. The van der Waals surface area contributed by atoms with Gasteiger partial charge in [-0.2, -0.15) is 0 Å². The maximum absolute atomic E-state index is 5.52. The molecule has 0 aliphatic carbocycles. The number of rotatable bonds is 9. The van der Waals surface area contributed by atoms with Gasteiger partial charge in [0.05, 0.1) is 47.0 Å². The minimum absolute atomic E-state index is 0.309. The molecule has 0 atom stereocenters. The Morgan fingerprint density at radius 1 is 0.758 bits per heavy atom. The quantitative estimate of drug-likeness (QED) is 0.546. The SMILES string of the molecule is COc1cc(CC[NH+]2CCN(C(c3ccccc3)c3ccccc3)CC2)cc(OC)c1OC. The van der Waals surface area contributed by atoms with Crippen molar-refractivity contribution in [3.8, 4) is 17.2 Å². The van der Waals surface area contributed by atoms with Gasteiger partial charge in [-0.3, -0.25) is 4.90 Å². The second kappa shape index (κ2) is 11.2. The maximum Gasteiger partial charge on any atom is 0.203 e. The summed E-state index contributed by atoms with van der Waals surface area (Å²) in [5, 5.41) is 0. The molecule has 174 valence electrons. The zero-order chi connectivity index (χ0) is 23.0. The van der Waals surface area contributed by atoms with Crippen molar-refractivity contribution in [2.45, 2.75) is 12.5 Å². The first-order chi connectivity index (χ1) is 16.2. The van der Waals surface area contributed by atoms with Crippen LogP contribution in [0.2, 0.25) is 0 Å². The third-order valence-electron chi connectivity index (χ3n) is 6.59. The highest BCUT2D eigenvalue weighted by atomic mass is 16.5. The van der Waals surface area contributed by atoms with Crippen LogP contribution < -0.4 is 19.1 Å². The standard InChI is InChI=1S/C28H34N2O3/c1-31-25-20-22(21-26(32-2)28(25)33-3)14-15-29-16-18-30(19-17-29)27(23-10-6-4-7-11-23)24-12-8-5-9-13-24/h4-13,20-21,27H,14-19H2,1-3H3/p+1. The number of benzene rings is 3. The van der Waals surface area contributed by atoms with Gasteiger partial charge >= 0.3 is 0 Å². The third-order valence-corrected chi connectivity index (χ3v) is 6.59. The van der Waals surface area contributed by atoms with Crippen molar-refractivity contribution in [2.24, 2.45) is 0 Å². The molecule has 0 bridgehead atoms. The number of hydrogen-bond acceptors (Lipinski definition) is 4. The number of nitrogens with zero attached hydrogens (tertiary/aromatic N) is 1. The number of piperazine rings is 1. The lowest BCUT2D eigenvalue weighted by Crippen LogP contribution is -3.15. The molecule has 3 aromatic carbocycles. The van der Waals surface area contributed by atoms with Crippen LogP contribution in [0.25, 0.3) is 0 Å². The largest absolute Gasteiger partial charge is 0.493 e. The molecule has 0 aromatic heterocycles. The highest BCUT2D eigenvalue weighted by Crippen LogP contribution is 2.38. The zero-order valence-corrected chi connectivity index (χ0v) is 19.9. The van der Waals surface area contributed by atoms with Gasteiger partial charge in [0.25, 0.3) is 0 Å². The fourth-order valence-electron chi connectivity index (χ4n) is 4.83. The Morgan fingerprint density at radius 2 is 1.27 bits per heavy atom. The Morgan fingerprint density at radius 3 is 1.73 bits per heavy atom. The van der Waals surface area contributed by atoms with E-state index in [2.05, 4.69) is 77.7 Å². The van der Waals surface area contributed by atoms with Crippen LogP contribution in [0.5, 0.6) is 17.2 Å². The fourth-order valence-corrected chi connectivity index (χ4v) is 4.83. The van der Waals surface area contributed by atoms with Crippen molar-refractivity contribution in [1.82, 2.24) is 4.90 Å². The van der Waals surface area contributed by atoms with Gasteiger partial charge in [-0.1, -0.05) is 60.7 Å². The minimum atomic E-state index is 0.309. The summed E-state index contributed by atoms with van der Waals surface area (Å²) in [5.74, 6) is 2.10. The van der Waals surface area contributed by atoms with Crippen molar-refractivity contribution < 1.29 is 19.1 Å². The van der Waals surface area contributed by atoms with Crippen LogP contribution in [0.1, 0.15) is 22.7 Å². The summed E-state index contributed by atoms with van der Waals surface area (Å²) < 4.78 is 16.5. The number of methoxy groups -OCH3 is 3. The van der Waals surface area contributed by atoms with Gasteiger partial charge in [-0.25, -0.2) is 0 Å². The number of quaternary nitrogens is 1. The van der Waals surface area contributed by atoms with E-state index < -0.39 is 0 Å². The Balaban J connectivity index is 1.40. The summed E-state index contributed by atoms with van der Waals surface area (Å²) in [4.78, 5) is 4.27. The van der Waals surface area contributed by atoms with Gasteiger partial charge in [0.1, 0.15) is 0 Å². The normalized spacial score (nSPS) is 14.9. The topological polar surface area (TPSA) is 35.4 Å². The molecular weight excluding hydrogens is 412 g/mol. The lowest BCUT2D eigenvalue weighted by Gasteiger charge is -2.38. The van der Waals surface area contributed by atoms with E-state index >= 15 is 0 Å². The van der Waals surface area contributed by atoms with E-state index in [4.69, 9.17) is 14.2 Å². The van der Waals surface area contributed by atoms with E-state index in [0.717, 1.165) is 50.6 Å². The van der Waals surface area contributed by atoms with Crippen molar-refractivity contribution in [2.75, 3.05) is 54.1 Å². The molecule has 1 saturated heterocycles. The molecule has 0 amide bonds. The zero-order valence-electron chi connectivity index (χ0n) is 19.9. The van der Waals surface area contributed by atoms with E-state index in [9.17, 15) is 0 Å². The number of hydrogen-bond donors (Lipinski definition) is 1. The fraction of sp³-hybridized carbons (Fsp3) is 0.357. The smallest absolute Gasteiger partial charge is 0.203 e. The summed E-state index contributed by atoms with van der Waals surface area (Å²) in [6.45, 7) is 5.53. The Hall–Kier alpha value is -3.02. The summed E-state index contributed by atoms with van der Waals surface area (Å²) in [7, 11) is 4.98. The Kier molecular flexibility index (Phi) is 7.87. The third kappa shape index (κ3) is 5.49. The summed E-state index contributed by atoms with van der Waals surface area (Å²) in [5.41, 5.74) is 3.94. The molecule has 5 heteroatoms. The predicted molar refractivity (Wildman–Crippen MR) is 132 cm³/mol. The predicted octanol–water partition coefficient (Wildman–Crippen LogP) is 3.25. The van der Waals surface area contributed by atoms with E-state index in [-0.39, 0.29) is 0 Å². The van der Waals surface area contributed by atoms with E-state index in [1.807, 2.05) is 0 Å². The van der Waals surface area contributed by atoms with Crippen LogP contribution in [-0.2, 0) is 6.42 Å². The first-order valence-electron chi connectivity index (χ1n) is 11.7. The second-order valence-corrected chi connectivity index (χ2v) is 8.54. The van der Waals surface area contributed by atoms with Crippen molar-refractivity contribution >= 4 is 0 Å². The van der Waals surface area contributed by atoms with Gasteiger partial charge in [0.2, 0.25) is 5.75 Å². The molecule has 0 spiro atoms. The molecule has 1 aliphatic rings. The lowest BCUT2D eigenvalue weighted by molar-refractivity contribution is -0.904. The van der Waals surface area contributed by atoms with E-state index in [0.29, 0.717) is 11.8 Å². The van der Waals surface area contributed by atoms with Gasteiger partial charge < -0.3 is 19.1 Å². The Bertz CT molecular complexity index is 938. The summed E-state index contributed by atoms with van der Waals surface area (Å²) in [6.07, 6.45) is 0.979. The van der Waals surface area contributed by atoms with Crippen LogP contribution in [-0.4, -0.2) is 59.0 Å². The average Bonchev–Trinajstić information content (AvgIpc) is 2.89. The second-order valence-electron chi connectivity index (χ2n) is 8.54. The van der Waals surface area contributed by atoms with E-state index in [1.165, 1.54) is 16.7 Å². The molecule has 4 rings (SSSR count). The lowest BCUT2D eigenvalue weighted by atomic mass is 9.96. The molecule has 33 heavy (non-hydrogen) atoms.